The number of aromatic amines is 2. The molecule has 0 bridgehead atoms. The van der Waals surface area contributed by atoms with Crippen LogP contribution in [0.2, 0.25) is 0 Å². The van der Waals surface area contributed by atoms with Crippen molar-refractivity contribution < 1.29 is 19.1 Å². The molecule has 3 atom stereocenters. The van der Waals surface area contributed by atoms with Crippen molar-refractivity contribution >= 4 is 59.5 Å². The Morgan fingerprint density at radius 3 is 2.36 bits per heavy atom. The van der Waals surface area contributed by atoms with Crippen LogP contribution in [0.4, 0.5) is 0 Å². The van der Waals surface area contributed by atoms with Crippen molar-refractivity contribution in [2.24, 2.45) is 22.2 Å². The van der Waals surface area contributed by atoms with Gasteiger partial charge in [0.05, 0.1) is 13.2 Å². The third-order valence-electron chi connectivity index (χ3n) is 7.52. The zero-order valence-electron chi connectivity index (χ0n) is 26.3. The van der Waals surface area contributed by atoms with E-state index in [1.54, 1.807) is 12.4 Å². The molecule has 0 unspecified atom stereocenters. The average molecular weight is 689 g/mol. The number of nitrogens with two attached hydrogens (primary N) is 3. The lowest BCUT2D eigenvalue weighted by molar-refractivity contribution is -0.145. The van der Waals surface area contributed by atoms with E-state index in [4.69, 9.17) is 21.9 Å². The number of hydrogen-bond donors (Lipinski definition) is 7. The van der Waals surface area contributed by atoms with E-state index in [-0.39, 0.29) is 56.6 Å². The van der Waals surface area contributed by atoms with Crippen LogP contribution in [0.25, 0.3) is 22.3 Å². The Balaban J connectivity index is 0.00000384. The van der Waals surface area contributed by atoms with Crippen molar-refractivity contribution in [1.29, 1.82) is 0 Å². The predicted molar refractivity (Wildman–Crippen MR) is 187 cm³/mol. The van der Waals surface area contributed by atoms with Gasteiger partial charge in [-0.1, -0.05) is 49.4 Å². The maximum absolute atomic E-state index is 13.6. The van der Waals surface area contributed by atoms with Crippen LogP contribution in [-0.4, -0.2) is 70.5 Å². The lowest BCUT2D eigenvalue weighted by Gasteiger charge is -2.23. The Morgan fingerprint density at radius 2 is 1.68 bits per heavy atom. The quantitative estimate of drug-likeness (QED) is 0.0424. The van der Waals surface area contributed by atoms with E-state index in [0.29, 0.717) is 17.9 Å². The number of rotatable bonds is 15. The highest BCUT2D eigenvalue weighted by Crippen LogP contribution is 2.20. The van der Waals surface area contributed by atoms with E-state index >= 15 is 0 Å². The molecular formula is C32H43Cl2N9O4. The van der Waals surface area contributed by atoms with Crippen molar-refractivity contribution in [3.8, 4) is 11.4 Å². The second-order valence-corrected chi connectivity index (χ2v) is 10.8. The summed E-state index contributed by atoms with van der Waals surface area (Å²) in [6.07, 6.45) is 5.35. The van der Waals surface area contributed by atoms with E-state index in [2.05, 4.69) is 37.5 Å². The minimum absolute atomic E-state index is 0. The molecule has 10 N–H and O–H groups in total. The Bertz CT molecular complexity index is 1630. The maximum atomic E-state index is 13.6. The maximum Gasteiger partial charge on any atom is 0.328 e. The number of imidazole rings is 1. The molecule has 254 valence electrons. The average Bonchev–Trinajstić information content (AvgIpc) is 3.68. The Morgan fingerprint density at radius 1 is 0.979 bits per heavy atom. The number of aromatic nitrogens is 3. The van der Waals surface area contributed by atoms with E-state index in [0.717, 1.165) is 28.5 Å². The Labute approximate surface area is 285 Å². The van der Waals surface area contributed by atoms with Crippen LogP contribution in [0, 0.1) is 0 Å². The number of halogens is 2. The monoisotopic (exact) mass is 687 g/mol. The highest BCUT2D eigenvalue weighted by molar-refractivity contribution is 5.93. The predicted octanol–water partition coefficient (Wildman–Crippen LogP) is 2.27. The first-order valence-electron chi connectivity index (χ1n) is 14.9. The minimum Gasteiger partial charge on any atom is -0.467 e. The summed E-state index contributed by atoms with van der Waals surface area (Å²) < 4.78 is 4.91. The first-order chi connectivity index (χ1) is 21.7. The van der Waals surface area contributed by atoms with Gasteiger partial charge in [0.25, 0.3) is 0 Å². The van der Waals surface area contributed by atoms with Gasteiger partial charge in [-0.2, -0.15) is 0 Å². The van der Waals surface area contributed by atoms with Crippen molar-refractivity contribution in [2.75, 3.05) is 13.7 Å². The van der Waals surface area contributed by atoms with E-state index in [1.165, 1.54) is 12.7 Å². The van der Waals surface area contributed by atoms with Crippen LogP contribution in [0.5, 0.6) is 0 Å². The minimum atomic E-state index is -1.04. The second-order valence-electron chi connectivity index (χ2n) is 10.8. The molecule has 0 aliphatic carbocycles. The summed E-state index contributed by atoms with van der Waals surface area (Å²) in [5.41, 5.74) is 21.6. The number of carbonyl (C=O) groups excluding carboxylic acids is 3. The number of ether oxygens (including phenoxy) is 1. The highest BCUT2D eigenvalue weighted by Gasteiger charge is 2.29. The first-order valence-corrected chi connectivity index (χ1v) is 14.9. The molecule has 15 heteroatoms. The van der Waals surface area contributed by atoms with Gasteiger partial charge in [-0.25, -0.2) is 9.78 Å². The topological polar surface area (TPSA) is 219 Å². The van der Waals surface area contributed by atoms with Gasteiger partial charge in [-0.15, -0.1) is 24.8 Å². The molecule has 13 nitrogen and oxygen atoms in total. The molecule has 4 aromatic rings. The third-order valence-corrected chi connectivity index (χ3v) is 7.52. The number of aliphatic imine (C=N–C) groups is 1. The SMILES string of the molecule is CCc1ccc(-c2ncc(C[C@H](N)C(=O)N[C@@H](Cc3c[nH]c4ccccc34)C(=O)N[C@@H](CCCN=C(N)N)C(=O)OC)[nH]2)cc1.Cl.Cl. The number of nitrogens with one attached hydrogen (secondary N) is 4. The molecule has 0 aliphatic heterocycles. The normalized spacial score (nSPS) is 12.5. The summed E-state index contributed by atoms with van der Waals surface area (Å²) in [5.74, 6) is -1.10. The van der Waals surface area contributed by atoms with Gasteiger partial charge >= 0.3 is 5.97 Å². The summed E-state index contributed by atoms with van der Waals surface area (Å²) in [6, 6.07) is 12.7. The summed E-state index contributed by atoms with van der Waals surface area (Å²) >= 11 is 0. The van der Waals surface area contributed by atoms with Crippen LogP contribution in [0.3, 0.4) is 0 Å². The van der Waals surface area contributed by atoms with E-state index < -0.39 is 35.9 Å². The first kappa shape index (κ1) is 38.6. The number of hydrogen-bond acceptors (Lipinski definition) is 7. The number of carbonyl (C=O) groups is 3. The molecular weight excluding hydrogens is 645 g/mol. The van der Waals surface area contributed by atoms with E-state index in [9.17, 15) is 14.4 Å². The number of H-pyrrole nitrogens is 2. The highest BCUT2D eigenvalue weighted by atomic mass is 35.5. The molecule has 0 aliphatic rings. The van der Waals surface area contributed by atoms with Gasteiger partial charge in [-0.05, 0) is 36.5 Å². The molecule has 47 heavy (non-hydrogen) atoms. The molecule has 0 saturated heterocycles. The fraction of sp³-hybridized carbons (Fsp3) is 0.344. The molecule has 2 amide bonds. The Hall–Kier alpha value is -4.59. The molecule has 2 aromatic carbocycles. The standard InChI is InChI=1S/C32H41N9O4.2ClH/c1-3-19-10-12-20(13-11-19)28-38-18-22(39-28)16-24(33)29(42)41-27(15-21-17-37-25-8-5-4-7-23(21)25)30(43)40-26(31(44)45-2)9-6-14-36-32(34)35;;/h4-5,7-8,10-13,17-18,24,26-27,37H,3,6,9,14-16,33H2,1-2H3,(H,38,39)(H,40,43)(H,41,42)(H4,34,35,36);2*1H/t24-,26-,27-;;/m0../s1. The number of methoxy groups -OCH3 is 1. The molecule has 0 saturated carbocycles. The van der Waals surface area contributed by atoms with Crippen LogP contribution in [0.15, 0.2) is 65.9 Å². The number of esters is 1. The van der Waals surface area contributed by atoms with Crippen molar-refractivity contribution in [1.82, 2.24) is 25.6 Å². The zero-order valence-corrected chi connectivity index (χ0v) is 28.0. The summed E-state index contributed by atoms with van der Waals surface area (Å²) in [6.45, 7) is 2.37. The summed E-state index contributed by atoms with van der Waals surface area (Å²) in [7, 11) is 1.24. The van der Waals surface area contributed by atoms with Gasteiger partial charge in [0.1, 0.15) is 17.9 Å². The van der Waals surface area contributed by atoms with Gasteiger partial charge in [0.15, 0.2) is 5.96 Å². The number of para-hydroxylation sites is 1. The van der Waals surface area contributed by atoms with Gasteiger partial charge < -0.3 is 42.5 Å². The second kappa shape index (κ2) is 18.5. The number of aryl methyl sites for hydroxylation is 1. The lowest BCUT2D eigenvalue weighted by atomic mass is 10.0. The summed E-state index contributed by atoms with van der Waals surface area (Å²) in [5, 5.41) is 6.45. The summed E-state index contributed by atoms with van der Waals surface area (Å²) in [4.78, 5) is 54.3. The van der Waals surface area contributed by atoms with Crippen LogP contribution in [0.1, 0.15) is 36.6 Å². The Kier molecular flexibility index (Phi) is 15.2. The van der Waals surface area contributed by atoms with E-state index in [1.807, 2.05) is 48.5 Å². The van der Waals surface area contributed by atoms with Gasteiger partial charge in [0, 0.05) is 53.9 Å². The number of guanidine groups is 1. The smallest absolute Gasteiger partial charge is 0.328 e. The van der Waals surface area contributed by atoms with Crippen molar-refractivity contribution in [3.05, 3.63) is 77.7 Å². The molecule has 4 rings (SSSR count). The number of nitrogens with zero attached hydrogens (tertiary/aromatic N) is 2. The molecule has 0 fully saturated rings. The van der Waals surface area contributed by atoms with Gasteiger partial charge in [0.2, 0.25) is 11.8 Å². The zero-order chi connectivity index (χ0) is 32.3. The fourth-order valence-electron chi connectivity index (χ4n) is 5.01. The molecule has 2 aromatic heterocycles. The number of benzene rings is 2. The van der Waals surface area contributed by atoms with Crippen LogP contribution in [-0.2, 0) is 38.4 Å². The lowest BCUT2D eigenvalue weighted by Crippen LogP contribution is -2.55. The molecule has 0 spiro atoms. The molecule has 0 radical (unpaired) electrons. The number of fused-ring (bicyclic) bond motifs is 1. The van der Waals surface area contributed by atoms with Crippen molar-refractivity contribution in [2.45, 2.75) is 57.2 Å². The fourth-order valence-corrected chi connectivity index (χ4v) is 5.01. The largest absolute Gasteiger partial charge is 0.467 e. The van der Waals surface area contributed by atoms with Crippen LogP contribution < -0.4 is 27.8 Å². The van der Waals surface area contributed by atoms with Gasteiger partial charge in [-0.3, -0.25) is 14.6 Å². The third kappa shape index (κ3) is 10.7. The molecule has 2 heterocycles. The van der Waals surface area contributed by atoms with Crippen molar-refractivity contribution in [3.63, 3.8) is 0 Å². The number of amides is 2. The van der Waals surface area contributed by atoms with Crippen LogP contribution >= 0.6 is 24.8 Å².